The van der Waals surface area contributed by atoms with Crippen molar-refractivity contribution in [3.8, 4) is 0 Å². The first kappa shape index (κ1) is 17.2. The fourth-order valence-electron chi connectivity index (χ4n) is 3.44. The lowest BCUT2D eigenvalue weighted by Crippen LogP contribution is -2.38. The maximum atomic E-state index is 12.4. The molecule has 1 aliphatic heterocycles. The monoisotopic (exact) mass is 369 g/mol. The summed E-state index contributed by atoms with van der Waals surface area (Å²) in [7, 11) is 0. The number of H-pyrrole nitrogens is 1. The lowest BCUT2D eigenvalue weighted by Gasteiger charge is -2.30. The highest BCUT2D eigenvalue weighted by Crippen LogP contribution is 2.23. The Hall–Kier alpha value is -2.25. The van der Waals surface area contributed by atoms with E-state index in [9.17, 15) is 4.79 Å². The van der Waals surface area contributed by atoms with Crippen molar-refractivity contribution in [2.75, 3.05) is 18.4 Å². The third kappa shape index (κ3) is 3.78. The van der Waals surface area contributed by atoms with Crippen molar-refractivity contribution in [2.24, 2.45) is 5.92 Å². The number of rotatable bonds is 4. The van der Waals surface area contributed by atoms with Crippen molar-refractivity contribution < 1.29 is 4.79 Å². The number of imidazole rings is 1. The normalized spacial score (nSPS) is 16.2. The van der Waals surface area contributed by atoms with Gasteiger partial charge in [0.1, 0.15) is 5.82 Å². The van der Waals surface area contributed by atoms with Crippen molar-refractivity contribution in [2.45, 2.75) is 33.2 Å². The van der Waals surface area contributed by atoms with Gasteiger partial charge >= 0.3 is 0 Å². The molecule has 1 aliphatic rings. The zero-order valence-electron chi connectivity index (χ0n) is 15.1. The summed E-state index contributed by atoms with van der Waals surface area (Å²) >= 11 is 1.52. The van der Waals surface area contributed by atoms with Crippen molar-refractivity contribution in [1.82, 2.24) is 19.9 Å². The van der Waals surface area contributed by atoms with Gasteiger partial charge in [-0.25, -0.2) is 9.97 Å². The van der Waals surface area contributed by atoms with Crippen LogP contribution < -0.4 is 5.32 Å². The number of thiazole rings is 1. The second-order valence-corrected chi connectivity index (χ2v) is 8.25. The van der Waals surface area contributed by atoms with Crippen LogP contribution in [0.3, 0.4) is 0 Å². The smallest absolute Gasteiger partial charge is 0.229 e. The number of carbonyl (C=O) groups is 1. The molecule has 1 saturated heterocycles. The van der Waals surface area contributed by atoms with Crippen LogP contribution >= 0.6 is 11.3 Å². The number of aryl methyl sites for hydroxylation is 2. The maximum absolute atomic E-state index is 12.4. The molecule has 3 heterocycles. The van der Waals surface area contributed by atoms with Gasteiger partial charge in [0.25, 0.3) is 0 Å². The Morgan fingerprint density at radius 2 is 2.15 bits per heavy atom. The average molecular weight is 369 g/mol. The van der Waals surface area contributed by atoms with Crippen LogP contribution in [0.5, 0.6) is 0 Å². The van der Waals surface area contributed by atoms with Gasteiger partial charge in [-0.1, -0.05) is 6.07 Å². The summed E-state index contributed by atoms with van der Waals surface area (Å²) in [6.45, 7) is 6.69. The summed E-state index contributed by atoms with van der Waals surface area (Å²) in [4.78, 5) is 28.2. The molecule has 0 saturated carbocycles. The third-order valence-corrected chi connectivity index (χ3v) is 5.70. The summed E-state index contributed by atoms with van der Waals surface area (Å²) in [6.07, 6.45) is 3.53. The van der Waals surface area contributed by atoms with Crippen LogP contribution in [0.4, 0.5) is 5.13 Å². The molecule has 0 unspecified atom stereocenters. The van der Waals surface area contributed by atoms with Gasteiger partial charge in [-0.3, -0.25) is 9.69 Å². The zero-order chi connectivity index (χ0) is 18.1. The van der Waals surface area contributed by atoms with Crippen LogP contribution in [0.25, 0.3) is 11.0 Å². The molecule has 0 radical (unpaired) electrons. The van der Waals surface area contributed by atoms with Crippen LogP contribution in [-0.2, 0) is 11.3 Å². The van der Waals surface area contributed by atoms with Crippen LogP contribution in [0.1, 0.15) is 29.1 Å². The van der Waals surface area contributed by atoms with Gasteiger partial charge in [-0.05, 0) is 57.5 Å². The molecule has 6 nitrogen and oxygen atoms in total. The molecule has 1 aromatic carbocycles. The molecule has 2 N–H and O–H groups in total. The number of fused-ring (bicyclic) bond motifs is 1. The van der Waals surface area contributed by atoms with Gasteiger partial charge in [0.15, 0.2) is 5.13 Å². The van der Waals surface area contributed by atoms with Gasteiger partial charge in [0, 0.05) is 17.0 Å². The number of piperidine rings is 1. The zero-order valence-corrected chi connectivity index (χ0v) is 15.9. The fourth-order valence-corrected chi connectivity index (χ4v) is 4.10. The quantitative estimate of drug-likeness (QED) is 0.738. The van der Waals surface area contributed by atoms with Gasteiger partial charge in [0.05, 0.1) is 17.6 Å². The molecule has 0 spiro atoms. The highest BCUT2D eigenvalue weighted by Gasteiger charge is 2.26. The summed E-state index contributed by atoms with van der Waals surface area (Å²) in [5.41, 5.74) is 3.33. The number of anilines is 1. The average Bonchev–Trinajstić information content (AvgIpc) is 3.20. The molecular formula is C19H23N5OS. The Morgan fingerprint density at radius 1 is 1.35 bits per heavy atom. The number of nitrogens with one attached hydrogen (secondary N) is 2. The second-order valence-electron chi connectivity index (χ2n) is 7.02. The highest BCUT2D eigenvalue weighted by atomic mass is 32.1. The molecular weight excluding hydrogens is 346 g/mol. The number of hydrogen-bond acceptors (Lipinski definition) is 5. The molecule has 1 fully saturated rings. The topological polar surface area (TPSA) is 73.9 Å². The molecule has 3 aromatic rings. The van der Waals surface area contributed by atoms with E-state index in [1.807, 2.05) is 6.92 Å². The molecule has 136 valence electrons. The first-order valence-electron chi connectivity index (χ1n) is 8.98. The standard InChI is InChI=1S/C19H23N5OS/c1-12-3-4-15-16(9-12)22-17(21-15)11-24-7-5-14(6-8-24)18(25)23-19-20-10-13(2)26-19/h3-4,9-10,14H,5-8,11H2,1-2H3,(H,21,22)(H,20,23,25). The highest BCUT2D eigenvalue weighted by molar-refractivity contribution is 7.15. The predicted octanol–water partition coefficient (Wildman–Crippen LogP) is 3.49. The van der Waals surface area contributed by atoms with Crippen molar-refractivity contribution in [3.63, 3.8) is 0 Å². The number of aromatic nitrogens is 3. The van der Waals surface area contributed by atoms with E-state index in [0.29, 0.717) is 5.13 Å². The first-order chi connectivity index (χ1) is 12.6. The second kappa shape index (κ2) is 7.17. The Balaban J connectivity index is 1.32. The Kier molecular flexibility index (Phi) is 4.74. The van der Waals surface area contributed by atoms with Gasteiger partial charge in [-0.15, -0.1) is 11.3 Å². The van der Waals surface area contributed by atoms with Gasteiger partial charge in [0.2, 0.25) is 5.91 Å². The lowest BCUT2D eigenvalue weighted by molar-refractivity contribution is -0.121. The Labute approximate surface area is 156 Å². The Bertz CT molecular complexity index is 923. The minimum absolute atomic E-state index is 0.0637. The van der Waals surface area contributed by atoms with Crippen molar-refractivity contribution in [1.29, 1.82) is 0 Å². The van der Waals surface area contributed by atoms with E-state index in [1.54, 1.807) is 6.20 Å². The number of aromatic amines is 1. The molecule has 4 rings (SSSR count). The number of amides is 1. The SMILES string of the molecule is Cc1ccc2nc(CN3CCC(C(=O)Nc4ncc(C)s4)CC3)[nH]c2c1. The van der Waals surface area contributed by atoms with E-state index in [2.05, 4.69) is 50.3 Å². The molecule has 7 heteroatoms. The van der Waals surface area contributed by atoms with Crippen molar-refractivity contribution in [3.05, 3.63) is 40.7 Å². The van der Waals surface area contributed by atoms with Crippen molar-refractivity contribution >= 4 is 33.4 Å². The number of nitrogens with zero attached hydrogens (tertiary/aromatic N) is 3. The molecule has 0 bridgehead atoms. The lowest BCUT2D eigenvalue weighted by atomic mass is 9.96. The van der Waals surface area contributed by atoms with E-state index < -0.39 is 0 Å². The molecule has 2 aromatic heterocycles. The summed E-state index contributed by atoms with van der Waals surface area (Å²) in [6, 6.07) is 6.27. The van der Waals surface area contributed by atoms with Crippen LogP contribution in [0.2, 0.25) is 0 Å². The summed E-state index contributed by atoms with van der Waals surface area (Å²) in [5, 5.41) is 3.65. The van der Waals surface area contributed by atoms with E-state index in [0.717, 1.165) is 54.2 Å². The molecule has 0 atom stereocenters. The van der Waals surface area contributed by atoms with E-state index in [1.165, 1.54) is 16.9 Å². The maximum Gasteiger partial charge on any atom is 0.229 e. The number of likely N-dealkylation sites (tertiary alicyclic amines) is 1. The third-order valence-electron chi connectivity index (χ3n) is 4.87. The van der Waals surface area contributed by atoms with Crippen LogP contribution in [0, 0.1) is 19.8 Å². The Morgan fingerprint density at radius 3 is 2.88 bits per heavy atom. The predicted molar refractivity (Wildman–Crippen MR) is 104 cm³/mol. The first-order valence-corrected chi connectivity index (χ1v) is 9.79. The van der Waals surface area contributed by atoms with E-state index in [4.69, 9.17) is 0 Å². The largest absolute Gasteiger partial charge is 0.341 e. The number of benzene rings is 1. The minimum atomic E-state index is 0.0637. The summed E-state index contributed by atoms with van der Waals surface area (Å²) < 4.78 is 0. The fraction of sp³-hybridized carbons (Fsp3) is 0.421. The molecule has 26 heavy (non-hydrogen) atoms. The van der Waals surface area contributed by atoms with E-state index >= 15 is 0 Å². The van der Waals surface area contributed by atoms with Gasteiger partial charge in [-0.2, -0.15) is 0 Å². The van der Waals surface area contributed by atoms with Gasteiger partial charge < -0.3 is 10.3 Å². The minimum Gasteiger partial charge on any atom is -0.341 e. The number of carbonyl (C=O) groups excluding carboxylic acids is 1. The summed E-state index contributed by atoms with van der Waals surface area (Å²) in [5.74, 6) is 1.15. The molecule has 0 aliphatic carbocycles. The molecule has 1 amide bonds. The van der Waals surface area contributed by atoms with Crippen LogP contribution in [0.15, 0.2) is 24.4 Å². The van der Waals surface area contributed by atoms with E-state index in [-0.39, 0.29) is 11.8 Å². The van der Waals surface area contributed by atoms with Crippen LogP contribution in [-0.4, -0.2) is 38.8 Å². The number of hydrogen-bond donors (Lipinski definition) is 2.